The number of carbonyl (C=O) groups excluding carboxylic acids is 1. The van der Waals surface area contributed by atoms with Gasteiger partial charge >= 0.3 is 0 Å². The van der Waals surface area contributed by atoms with Crippen molar-refractivity contribution in [2.75, 3.05) is 5.75 Å². The van der Waals surface area contributed by atoms with E-state index in [4.69, 9.17) is 16.6 Å². The van der Waals surface area contributed by atoms with Crippen molar-refractivity contribution in [3.05, 3.63) is 96.8 Å². The molecule has 150 valence electrons. The predicted molar refractivity (Wildman–Crippen MR) is 131 cm³/mol. The summed E-state index contributed by atoms with van der Waals surface area (Å²) in [6.07, 6.45) is 0. The lowest BCUT2D eigenvalue weighted by Crippen LogP contribution is -2.22. The summed E-state index contributed by atoms with van der Waals surface area (Å²) >= 11 is 9.35. The Labute approximate surface area is 196 Å². The van der Waals surface area contributed by atoms with Crippen molar-refractivity contribution in [3.63, 3.8) is 0 Å². The number of aryl methyl sites for hydroxylation is 1. The summed E-state index contributed by atoms with van der Waals surface area (Å²) < 4.78 is 2.55. The van der Waals surface area contributed by atoms with Crippen LogP contribution in [0.15, 0.2) is 76.7 Å². The first-order chi connectivity index (χ1) is 14.4. The van der Waals surface area contributed by atoms with Gasteiger partial charge in [0.2, 0.25) is 0 Å². The van der Waals surface area contributed by atoms with E-state index in [1.807, 2.05) is 49.4 Å². The van der Waals surface area contributed by atoms with Crippen molar-refractivity contribution in [2.45, 2.75) is 12.1 Å². The van der Waals surface area contributed by atoms with E-state index >= 15 is 0 Å². The second-order valence-electron chi connectivity index (χ2n) is 6.75. The summed E-state index contributed by atoms with van der Waals surface area (Å²) in [6, 6.07) is 20.1. The minimum Gasteiger partial charge on any atom is -0.293 e. The third kappa shape index (κ3) is 4.45. The molecule has 0 spiro atoms. The van der Waals surface area contributed by atoms with E-state index in [-0.39, 0.29) is 17.1 Å². The smallest absolute Gasteiger partial charge is 0.266 e. The fourth-order valence-corrected chi connectivity index (χ4v) is 4.60. The number of halogens is 2. The Morgan fingerprint density at radius 2 is 1.87 bits per heavy atom. The van der Waals surface area contributed by atoms with Crippen molar-refractivity contribution in [1.82, 2.24) is 9.55 Å². The maximum atomic E-state index is 13.4. The molecule has 1 heterocycles. The number of thioether (sulfide) groups is 1. The molecule has 7 heteroatoms. The minimum atomic E-state index is -0.148. The van der Waals surface area contributed by atoms with Crippen molar-refractivity contribution in [1.29, 1.82) is 0 Å². The number of carbonyl (C=O) groups is 1. The maximum Gasteiger partial charge on any atom is 0.266 e. The summed E-state index contributed by atoms with van der Waals surface area (Å²) in [6.45, 7) is 1.98. The second kappa shape index (κ2) is 8.91. The number of benzene rings is 3. The van der Waals surface area contributed by atoms with Crippen molar-refractivity contribution in [2.24, 2.45) is 0 Å². The zero-order chi connectivity index (χ0) is 21.3. The van der Waals surface area contributed by atoms with E-state index in [9.17, 15) is 9.59 Å². The molecule has 4 nitrogen and oxygen atoms in total. The monoisotopic (exact) mass is 546 g/mol. The lowest BCUT2D eigenvalue weighted by atomic mass is 10.1. The first kappa shape index (κ1) is 21.1. The van der Waals surface area contributed by atoms with E-state index in [1.54, 1.807) is 28.8 Å². The van der Waals surface area contributed by atoms with Gasteiger partial charge in [-0.1, -0.05) is 35.5 Å². The number of rotatable bonds is 5. The summed E-state index contributed by atoms with van der Waals surface area (Å²) in [5.41, 5.74) is 2.81. The molecule has 0 unspecified atom stereocenters. The zero-order valence-electron chi connectivity index (χ0n) is 15.9. The molecule has 4 rings (SSSR count). The van der Waals surface area contributed by atoms with Gasteiger partial charge in [-0.05, 0) is 89.7 Å². The van der Waals surface area contributed by atoms with Gasteiger partial charge in [0.25, 0.3) is 5.56 Å². The quantitative estimate of drug-likeness (QED) is 0.135. The van der Waals surface area contributed by atoms with Crippen LogP contribution < -0.4 is 5.56 Å². The molecule has 1 aromatic heterocycles. The van der Waals surface area contributed by atoms with Crippen molar-refractivity contribution in [3.8, 4) is 5.69 Å². The number of aromatic nitrogens is 2. The number of Topliss-reactive ketones (excluding diaryl/α,β-unsaturated/α-hetero) is 1. The highest BCUT2D eigenvalue weighted by Gasteiger charge is 2.16. The van der Waals surface area contributed by atoms with Gasteiger partial charge in [0.05, 0.1) is 22.3 Å². The van der Waals surface area contributed by atoms with Gasteiger partial charge < -0.3 is 0 Å². The van der Waals surface area contributed by atoms with Crippen molar-refractivity contribution < 1.29 is 4.79 Å². The average Bonchev–Trinajstić information content (AvgIpc) is 2.73. The Hall–Kier alpha value is -2.16. The lowest BCUT2D eigenvalue weighted by Gasteiger charge is -2.14. The Bertz CT molecular complexity index is 1320. The maximum absolute atomic E-state index is 13.4. The fourth-order valence-electron chi connectivity index (χ4n) is 3.08. The molecule has 0 aliphatic rings. The molecule has 0 saturated heterocycles. The Morgan fingerprint density at radius 1 is 1.10 bits per heavy atom. The number of ketones is 1. The molecule has 0 radical (unpaired) electrons. The van der Waals surface area contributed by atoms with Gasteiger partial charge in [-0.3, -0.25) is 14.2 Å². The largest absolute Gasteiger partial charge is 0.293 e. The van der Waals surface area contributed by atoms with Crippen LogP contribution >= 0.6 is 46.0 Å². The third-order valence-corrected chi connectivity index (χ3v) is 6.42. The number of hydrogen-bond acceptors (Lipinski definition) is 4. The van der Waals surface area contributed by atoms with Crippen LogP contribution in [-0.4, -0.2) is 21.1 Å². The van der Waals surface area contributed by atoms with Crippen molar-refractivity contribution >= 4 is 62.6 Å². The minimum absolute atomic E-state index is 0.0515. The first-order valence-electron chi connectivity index (χ1n) is 9.13. The normalized spacial score (nSPS) is 11.0. The van der Waals surface area contributed by atoms with E-state index in [0.717, 1.165) is 14.8 Å². The van der Waals surface area contributed by atoms with Crippen LogP contribution in [0.1, 0.15) is 15.9 Å². The molecule has 0 saturated carbocycles. The molecule has 0 atom stereocenters. The first-order valence-corrected chi connectivity index (χ1v) is 11.6. The highest BCUT2D eigenvalue weighted by atomic mass is 127. The molecule has 0 N–H and O–H groups in total. The number of nitrogens with zero attached hydrogens (tertiary/aromatic N) is 2. The number of hydrogen-bond donors (Lipinski definition) is 0. The molecule has 0 amide bonds. The van der Waals surface area contributed by atoms with Crippen LogP contribution in [0.4, 0.5) is 0 Å². The zero-order valence-corrected chi connectivity index (χ0v) is 19.7. The third-order valence-electron chi connectivity index (χ3n) is 4.56. The van der Waals surface area contributed by atoms with Gasteiger partial charge in [0.1, 0.15) is 0 Å². The van der Waals surface area contributed by atoms with Gasteiger partial charge in [-0.15, -0.1) is 0 Å². The van der Waals surface area contributed by atoms with Crippen LogP contribution in [0, 0.1) is 10.5 Å². The molecule has 0 fully saturated rings. The number of fused-ring (bicyclic) bond motifs is 1. The summed E-state index contributed by atoms with van der Waals surface area (Å²) in [5, 5.41) is 1.62. The summed E-state index contributed by atoms with van der Waals surface area (Å²) in [7, 11) is 0. The molecule has 3 aromatic carbocycles. The fraction of sp³-hybridized carbons (Fsp3) is 0.0870. The Balaban J connectivity index is 1.78. The molecular weight excluding hydrogens is 531 g/mol. The molecule has 0 aliphatic carbocycles. The van der Waals surface area contributed by atoms with Crippen LogP contribution in [0.3, 0.4) is 0 Å². The van der Waals surface area contributed by atoms with Crippen LogP contribution in [-0.2, 0) is 0 Å². The van der Waals surface area contributed by atoms with Gasteiger partial charge in [-0.2, -0.15) is 0 Å². The van der Waals surface area contributed by atoms with E-state index in [1.165, 1.54) is 11.8 Å². The highest BCUT2D eigenvalue weighted by molar-refractivity contribution is 14.1. The van der Waals surface area contributed by atoms with Gasteiger partial charge in [0.15, 0.2) is 10.9 Å². The lowest BCUT2D eigenvalue weighted by molar-refractivity contribution is 0.102. The second-order valence-corrected chi connectivity index (χ2v) is 9.38. The van der Waals surface area contributed by atoms with E-state index in [2.05, 4.69) is 22.6 Å². The summed E-state index contributed by atoms with van der Waals surface area (Å²) in [5.74, 6) is 0.111. The predicted octanol–water partition coefficient (Wildman–Crippen LogP) is 5.93. The Morgan fingerprint density at radius 3 is 2.60 bits per heavy atom. The van der Waals surface area contributed by atoms with Crippen LogP contribution in [0.5, 0.6) is 0 Å². The molecule has 0 bridgehead atoms. The summed E-state index contributed by atoms with van der Waals surface area (Å²) in [4.78, 5) is 30.7. The Kier molecular flexibility index (Phi) is 6.26. The van der Waals surface area contributed by atoms with Crippen LogP contribution in [0.2, 0.25) is 5.02 Å². The highest BCUT2D eigenvalue weighted by Crippen LogP contribution is 2.24. The molecule has 0 aliphatic heterocycles. The SMILES string of the molecule is Cc1cccc(-n2c(SCC(=O)c3ccc(Cl)cc3)nc3ccc(I)cc3c2=O)c1. The van der Waals surface area contributed by atoms with Gasteiger partial charge in [0, 0.05) is 14.2 Å². The average molecular weight is 547 g/mol. The molecule has 4 aromatic rings. The standard InChI is InChI=1S/C23H16ClIN2O2S/c1-14-3-2-4-18(11-14)27-22(29)19-12-17(25)9-10-20(19)26-23(27)30-13-21(28)15-5-7-16(24)8-6-15/h2-12H,13H2,1H3. The van der Waals surface area contributed by atoms with E-state index < -0.39 is 0 Å². The molecular formula is C23H16ClIN2O2S. The topological polar surface area (TPSA) is 52.0 Å². The van der Waals surface area contributed by atoms with E-state index in [0.29, 0.717) is 26.6 Å². The van der Waals surface area contributed by atoms with Gasteiger partial charge in [-0.25, -0.2) is 4.98 Å². The molecule has 30 heavy (non-hydrogen) atoms. The van der Waals surface area contributed by atoms with Crippen LogP contribution in [0.25, 0.3) is 16.6 Å².